The van der Waals surface area contributed by atoms with Crippen molar-refractivity contribution in [2.75, 3.05) is 34.6 Å². The van der Waals surface area contributed by atoms with Gasteiger partial charge in [0.05, 0.1) is 42.1 Å². The average Bonchev–Trinajstić information content (AvgIpc) is 3.20. The molecule has 2 atom stereocenters. The molecule has 2 aromatic rings. The fourth-order valence-corrected chi connectivity index (χ4v) is 6.69. The van der Waals surface area contributed by atoms with E-state index in [0.717, 1.165) is 22.5 Å². The van der Waals surface area contributed by atoms with Gasteiger partial charge >= 0.3 is 0 Å². The quantitative estimate of drug-likeness (QED) is 0.740. The molecule has 2 aliphatic rings. The normalized spacial score (nSPS) is 21.5. The number of benzene rings is 2. The van der Waals surface area contributed by atoms with Gasteiger partial charge in [0.1, 0.15) is 5.75 Å². The van der Waals surface area contributed by atoms with E-state index in [9.17, 15) is 13.2 Å². The van der Waals surface area contributed by atoms with Crippen molar-refractivity contribution in [2.24, 2.45) is 4.99 Å². The van der Waals surface area contributed by atoms with Crippen molar-refractivity contribution in [3.05, 3.63) is 53.6 Å². The Labute approximate surface area is 186 Å². The number of sulfone groups is 1. The Kier molecular flexibility index (Phi) is 5.98. The van der Waals surface area contributed by atoms with Crippen LogP contribution in [0.1, 0.15) is 11.1 Å². The highest BCUT2D eigenvalue weighted by atomic mass is 32.2. The number of nitrogens with one attached hydrogen (secondary N) is 1. The summed E-state index contributed by atoms with van der Waals surface area (Å²) in [6, 6.07) is 12.8. The van der Waals surface area contributed by atoms with Gasteiger partial charge in [0.15, 0.2) is 15.0 Å². The second-order valence-electron chi connectivity index (χ2n) is 7.82. The number of fused-ring (bicyclic) bond motifs is 1. The van der Waals surface area contributed by atoms with Crippen LogP contribution in [0.15, 0.2) is 47.5 Å². The van der Waals surface area contributed by atoms with Gasteiger partial charge in [-0.25, -0.2) is 8.42 Å². The van der Waals surface area contributed by atoms with Crippen LogP contribution in [0.3, 0.4) is 0 Å². The number of amidine groups is 1. The number of amides is 1. The number of anilines is 2. The molecule has 164 valence electrons. The number of rotatable bonds is 5. The van der Waals surface area contributed by atoms with Gasteiger partial charge in [-0.3, -0.25) is 9.79 Å². The third-order valence-electron chi connectivity index (χ3n) is 5.45. The van der Waals surface area contributed by atoms with Gasteiger partial charge in [-0.2, -0.15) is 0 Å². The van der Waals surface area contributed by atoms with Gasteiger partial charge in [-0.15, -0.1) is 0 Å². The monoisotopic (exact) mass is 459 g/mol. The molecule has 9 heteroatoms. The first-order valence-corrected chi connectivity index (χ1v) is 12.8. The van der Waals surface area contributed by atoms with Gasteiger partial charge in [-0.05, 0) is 43.2 Å². The van der Waals surface area contributed by atoms with E-state index in [-0.39, 0.29) is 35.2 Å². The molecular weight excluding hydrogens is 434 g/mol. The van der Waals surface area contributed by atoms with E-state index < -0.39 is 9.84 Å². The van der Waals surface area contributed by atoms with Crippen molar-refractivity contribution in [3.63, 3.8) is 0 Å². The van der Waals surface area contributed by atoms with Crippen molar-refractivity contribution < 1.29 is 17.9 Å². The molecule has 1 fully saturated rings. The van der Waals surface area contributed by atoms with Crippen LogP contribution in [0.2, 0.25) is 0 Å². The summed E-state index contributed by atoms with van der Waals surface area (Å²) in [5.74, 6) is 0.746. The molecular formula is C22H25N3O4S2. The van der Waals surface area contributed by atoms with Crippen LogP contribution in [0.25, 0.3) is 0 Å². The number of carbonyl (C=O) groups excluding carboxylic acids is 1. The molecule has 0 radical (unpaired) electrons. The largest absolute Gasteiger partial charge is 0.495 e. The lowest BCUT2D eigenvalue weighted by Crippen LogP contribution is -2.39. The Morgan fingerprint density at radius 3 is 2.77 bits per heavy atom. The molecule has 0 aliphatic carbocycles. The molecule has 7 nitrogen and oxygen atoms in total. The molecule has 1 amide bonds. The Morgan fingerprint density at radius 1 is 1.23 bits per heavy atom. The third kappa shape index (κ3) is 4.57. The van der Waals surface area contributed by atoms with Crippen LogP contribution in [-0.2, 0) is 14.6 Å². The van der Waals surface area contributed by atoms with Crippen LogP contribution in [0.4, 0.5) is 11.4 Å². The molecule has 0 saturated carbocycles. The minimum absolute atomic E-state index is 0.0298. The number of nitrogens with zero attached hydrogens (tertiary/aromatic N) is 2. The minimum Gasteiger partial charge on any atom is -0.495 e. The summed E-state index contributed by atoms with van der Waals surface area (Å²) in [7, 11) is -1.57. The summed E-state index contributed by atoms with van der Waals surface area (Å²) in [6.07, 6.45) is 0. The lowest BCUT2D eigenvalue weighted by molar-refractivity contribution is -0.113. The Hall–Kier alpha value is -2.52. The first kappa shape index (κ1) is 21.7. The molecule has 2 aliphatic heterocycles. The predicted octanol–water partition coefficient (Wildman–Crippen LogP) is 3.03. The molecule has 0 bridgehead atoms. The highest BCUT2D eigenvalue weighted by Crippen LogP contribution is 2.39. The SMILES string of the molecule is COc1ccccc1N1C(SCC(=O)Nc2cc(C)ccc2C)=N[C@H]2CS(=O)(=O)C[C@H]21. The number of ether oxygens (including phenoxy) is 1. The molecule has 0 unspecified atom stereocenters. The highest BCUT2D eigenvalue weighted by Gasteiger charge is 2.47. The summed E-state index contributed by atoms with van der Waals surface area (Å²) in [5, 5.41) is 3.61. The topological polar surface area (TPSA) is 88.1 Å². The standard InChI is InChI=1S/C22H25N3O4S2/c1-14-8-9-15(2)16(10-14)23-21(26)11-30-22-24-17-12-31(27,28)13-19(17)25(22)18-6-4-5-7-20(18)29-3/h4-10,17,19H,11-13H2,1-3H3,(H,23,26)/t17-,19+/m0/s1. The second kappa shape index (κ2) is 8.55. The van der Waals surface area contributed by atoms with E-state index in [1.807, 2.05) is 61.2 Å². The number of carbonyl (C=O) groups is 1. The smallest absolute Gasteiger partial charge is 0.234 e. The molecule has 1 saturated heterocycles. The lowest BCUT2D eigenvalue weighted by Gasteiger charge is -2.27. The zero-order valence-corrected chi connectivity index (χ0v) is 19.3. The van der Waals surface area contributed by atoms with Crippen molar-refractivity contribution in [1.82, 2.24) is 0 Å². The summed E-state index contributed by atoms with van der Waals surface area (Å²) in [6.45, 7) is 3.93. The fraction of sp³-hybridized carbons (Fsp3) is 0.364. The summed E-state index contributed by atoms with van der Waals surface area (Å²) in [4.78, 5) is 19.2. The van der Waals surface area contributed by atoms with E-state index >= 15 is 0 Å². The van der Waals surface area contributed by atoms with E-state index in [0.29, 0.717) is 10.9 Å². The number of hydrogen-bond donors (Lipinski definition) is 1. The second-order valence-corrected chi connectivity index (χ2v) is 10.9. The molecule has 0 spiro atoms. The number of hydrogen-bond acceptors (Lipinski definition) is 7. The maximum atomic E-state index is 12.6. The first-order chi connectivity index (χ1) is 14.8. The van der Waals surface area contributed by atoms with Crippen LogP contribution in [0.5, 0.6) is 5.75 Å². The van der Waals surface area contributed by atoms with E-state index in [1.54, 1.807) is 7.11 Å². The van der Waals surface area contributed by atoms with Crippen LogP contribution >= 0.6 is 11.8 Å². The van der Waals surface area contributed by atoms with Gasteiger partial charge in [-0.1, -0.05) is 36.0 Å². The zero-order valence-electron chi connectivity index (χ0n) is 17.7. The Bertz CT molecular complexity index is 1150. The van der Waals surface area contributed by atoms with Gasteiger partial charge in [0, 0.05) is 5.69 Å². The van der Waals surface area contributed by atoms with E-state index in [4.69, 9.17) is 4.74 Å². The van der Waals surface area contributed by atoms with E-state index in [1.165, 1.54) is 11.8 Å². The summed E-state index contributed by atoms with van der Waals surface area (Å²) in [5.41, 5.74) is 3.63. The third-order valence-corrected chi connectivity index (χ3v) is 8.12. The van der Waals surface area contributed by atoms with Crippen LogP contribution in [-0.4, -0.2) is 55.9 Å². The summed E-state index contributed by atoms with van der Waals surface area (Å²) >= 11 is 1.31. The number of methoxy groups -OCH3 is 1. The Morgan fingerprint density at radius 2 is 2.00 bits per heavy atom. The number of thioether (sulfide) groups is 1. The predicted molar refractivity (Wildman–Crippen MR) is 126 cm³/mol. The maximum Gasteiger partial charge on any atom is 0.234 e. The van der Waals surface area contributed by atoms with Crippen LogP contribution in [0, 0.1) is 13.8 Å². The van der Waals surface area contributed by atoms with Crippen molar-refractivity contribution in [3.8, 4) is 5.75 Å². The van der Waals surface area contributed by atoms with Gasteiger partial charge in [0.2, 0.25) is 5.91 Å². The van der Waals surface area contributed by atoms with Crippen molar-refractivity contribution in [2.45, 2.75) is 25.9 Å². The number of aryl methyl sites for hydroxylation is 2. The van der Waals surface area contributed by atoms with E-state index in [2.05, 4.69) is 10.3 Å². The Balaban J connectivity index is 1.54. The van der Waals surface area contributed by atoms with Gasteiger partial charge < -0.3 is 15.0 Å². The first-order valence-electron chi connectivity index (χ1n) is 9.98. The van der Waals surface area contributed by atoms with Crippen LogP contribution < -0.4 is 15.0 Å². The lowest BCUT2D eigenvalue weighted by atomic mass is 10.1. The maximum absolute atomic E-state index is 12.6. The number of aliphatic imine (C=N–C) groups is 1. The van der Waals surface area contributed by atoms with Gasteiger partial charge in [0.25, 0.3) is 0 Å². The highest BCUT2D eigenvalue weighted by molar-refractivity contribution is 8.14. The van der Waals surface area contributed by atoms with Crippen molar-refractivity contribution >= 4 is 44.0 Å². The molecule has 31 heavy (non-hydrogen) atoms. The minimum atomic E-state index is -3.15. The summed E-state index contributed by atoms with van der Waals surface area (Å²) < 4.78 is 29.9. The molecule has 1 N–H and O–H groups in total. The zero-order chi connectivity index (χ0) is 22.2. The molecule has 0 aromatic heterocycles. The van der Waals surface area contributed by atoms with Crippen molar-refractivity contribution in [1.29, 1.82) is 0 Å². The fourth-order valence-electron chi connectivity index (χ4n) is 3.93. The average molecular weight is 460 g/mol. The molecule has 4 rings (SSSR count). The number of para-hydroxylation sites is 2. The molecule has 2 aromatic carbocycles. The molecule has 2 heterocycles.